The van der Waals surface area contributed by atoms with Crippen LogP contribution in [0.1, 0.15) is 12.8 Å². The second kappa shape index (κ2) is 7.92. The minimum absolute atomic E-state index is 0.212. The Balaban J connectivity index is 1.17. The van der Waals surface area contributed by atoms with E-state index in [-0.39, 0.29) is 5.91 Å². The van der Waals surface area contributed by atoms with Crippen molar-refractivity contribution in [3.8, 4) is 11.5 Å². The summed E-state index contributed by atoms with van der Waals surface area (Å²) in [6, 6.07) is 15.0. The lowest BCUT2D eigenvalue weighted by atomic mass is 9.87. The number of carbonyl (C=O) groups is 1. The number of aromatic amines is 1. The zero-order chi connectivity index (χ0) is 23.1. The smallest absolute Gasteiger partial charge is 0.244 e. The minimum atomic E-state index is -0.982. The first-order valence-corrected chi connectivity index (χ1v) is 11.0. The van der Waals surface area contributed by atoms with Crippen LogP contribution in [0.25, 0.3) is 33.7 Å². The third-order valence-electron chi connectivity index (χ3n) is 6.27. The zero-order valence-electron chi connectivity index (χ0n) is 18.2. The number of benzene rings is 2. The predicted octanol–water partition coefficient (Wildman–Crippen LogP) is 3.10. The number of amides is 1. The highest BCUT2D eigenvalue weighted by molar-refractivity contribution is 5.98. The van der Waals surface area contributed by atoms with E-state index in [0.717, 1.165) is 28.0 Å². The van der Waals surface area contributed by atoms with Gasteiger partial charge in [0.1, 0.15) is 17.4 Å². The molecule has 1 fully saturated rings. The molecule has 4 heterocycles. The third-order valence-corrected chi connectivity index (χ3v) is 6.27. The molecule has 10 nitrogen and oxygen atoms in total. The monoisotopic (exact) mass is 454 g/mol. The van der Waals surface area contributed by atoms with Gasteiger partial charge in [0, 0.05) is 24.3 Å². The number of piperidine rings is 1. The predicted molar refractivity (Wildman–Crippen MR) is 128 cm³/mol. The second-order valence-corrected chi connectivity index (χ2v) is 8.46. The number of imidazole rings is 1. The topological polar surface area (TPSA) is 139 Å². The van der Waals surface area contributed by atoms with Gasteiger partial charge in [0.2, 0.25) is 11.8 Å². The number of hydrogen-bond acceptors (Lipinski definition) is 8. The van der Waals surface area contributed by atoms with E-state index in [1.165, 1.54) is 6.33 Å². The van der Waals surface area contributed by atoms with Gasteiger partial charge in [-0.1, -0.05) is 18.2 Å². The fourth-order valence-electron chi connectivity index (χ4n) is 4.32. The first-order chi connectivity index (χ1) is 16.6. The summed E-state index contributed by atoms with van der Waals surface area (Å²) >= 11 is 0. The summed E-state index contributed by atoms with van der Waals surface area (Å²) in [5, 5.41) is 2.98. The molecule has 0 unspecified atom stereocenters. The van der Waals surface area contributed by atoms with E-state index in [1.807, 2.05) is 48.5 Å². The third kappa shape index (κ3) is 3.54. The van der Waals surface area contributed by atoms with Crippen LogP contribution in [0.3, 0.4) is 0 Å². The summed E-state index contributed by atoms with van der Waals surface area (Å²) in [5.41, 5.74) is 9.91. The molecule has 1 aliphatic rings. The van der Waals surface area contributed by atoms with Crippen LogP contribution in [0.15, 0.2) is 65.6 Å². The van der Waals surface area contributed by atoms with Crippen LogP contribution >= 0.6 is 0 Å². The SMILES string of the molecule is NC1(C(=O)Nc2cccc(-c3nc4ccccc4o3)c2)CCN(c2ncnc3nc[nH]c23)CC1. The lowest BCUT2D eigenvalue weighted by Crippen LogP contribution is -2.58. The van der Waals surface area contributed by atoms with Crippen LogP contribution in [0, 0.1) is 0 Å². The summed E-state index contributed by atoms with van der Waals surface area (Å²) in [7, 11) is 0. The summed E-state index contributed by atoms with van der Waals surface area (Å²) in [6.45, 7) is 1.19. The number of aromatic nitrogens is 5. The first kappa shape index (κ1) is 20.3. The number of nitrogens with one attached hydrogen (secondary N) is 2. The molecule has 6 rings (SSSR count). The van der Waals surface area contributed by atoms with Gasteiger partial charge >= 0.3 is 0 Å². The summed E-state index contributed by atoms with van der Waals surface area (Å²) in [4.78, 5) is 35.6. The molecular weight excluding hydrogens is 432 g/mol. The van der Waals surface area contributed by atoms with Crippen molar-refractivity contribution < 1.29 is 9.21 Å². The van der Waals surface area contributed by atoms with Crippen LogP contribution in [0.4, 0.5) is 11.5 Å². The molecule has 0 bridgehead atoms. The Morgan fingerprint density at radius 3 is 2.79 bits per heavy atom. The highest BCUT2D eigenvalue weighted by Crippen LogP contribution is 2.29. The lowest BCUT2D eigenvalue weighted by Gasteiger charge is -2.38. The number of nitrogens with zero attached hydrogens (tertiary/aromatic N) is 5. The molecule has 0 radical (unpaired) electrons. The maximum Gasteiger partial charge on any atom is 0.244 e. The number of para-hydroxylation sites is 2. The van der Waals surface area contributed by atoms with Gasteiger partial charge in [-0.3, -0.25) is 4.79 Å². The molecule has 0 atom stereocenters. The van der Waals surface area contributed by atoms with Gasteiger partial charge in [0.05, 0.1) is 11.9 Å². The fourth-order valence-corrected chi connectivity index (χ4v) is 4.32. The van der Waals surface area contributed by atoms with Crippen molar-refractivity contribution in [3.63, 3.8) is 0 Å². The summed E-state index contributed by atoms with van der Waals surface area (Å²) in [6.07, 6.45) is 4.08. The Morgan fingerprint density at radius 1 is 1.09 bits per heavy atom. The molecule has 2 aromatic carbocycles. The molecule has 4 N–H and O–H groups in total. The fraction of sp³-hybridized carbons (Fsp3) is 0.208. The van der Waals surface area contributed by atoms with Crippen molar-refractivity contribution >= 4 is 39.7 Å². The quantitative estimate of drug-likeness (QED) is 0.376. The maximum absolute atomic E-state index is 13.2. The van der Waals surface area contributed by atoms with E-state index in [2.05, 4.69) is 35.1 Å². The van der Waals surface area contributed by atoms with Gasteiger partial charge < -0.3 is 25.4 Å². The summed E-state index contributed by atoms with van der Waals surface area (Å²) in [5.74, 6) is 1.07. The molecule has 5 aromatic rings. The molecule has 3 aromatic heterocycles. The standard InChI is InChI=1S/C24H22N8O2/c25-24(8-10-32(11-9-24)21-19-20(27-13-26-19)28-14-29-21)23(33)30-16-5-3-4-15(12-16)22-31-17-6-1-2-7-18(17)34-22/h1-7,12-14H,8-11,25H2,(H,30,33)(H,26,27,28,29). The number of rotatable bonds is 4. The maximum atomic E-state index is 13.2. The number of fused-ring (bicyclic) bond motifs is 2. The Bertz CT molecular complexity index is 1470. The van der Waals surface area contributed by atoms with Crippen LogP contribution in [0.5, 0.6) is 0 Å². The number of H-pyrrole nitrogens is 1. The van der Waals surface area contributed by atoms with Crippen molar-refractivity contribution in [1.29, 1.82) is 0 Å². The minimum Gasteiger partial charge on any atom is -0.436 e. The van der Waals surface area contributed by atoms with E-state index in [4.69, 9.17) is 10.2 Å². The molecule has 1 amide bonds. The van der Waals surface area contributed by atoms with E-state index < -0.39 is 5.54 Å². The van der Waals surface area contributed by atoms with Gasteiger partial charge in [-0.2, -0.15) is 0 Å². The van der Waals surface area contributed by atoms with E-state index in [1.54, 1.807) is 6.33 Å². The largest absolute Gasteiger partial charge is 0.436 e. The average molecular weight is 454 g/mol. The number of anilines is 2. The lowest BCUT2D eigenvalue weighted by molar-refractivity contribution is -0.121. The van der Waals surface area contributed by atoms with E-state index in [9.17, 15) is 4.79 Å². The van der Waals surface area contributed by atoms with Crippen molar-refractivity contribution in [2.45, 2.75) is 18.4 Å². The Hall–Kier alpha value is -4.31. The molecule has 0 aliphatic carbocycles. The van der Waals surface area contributed by atoms with E-state index >= 15 is 0 Å². The van der Waals surface area contributed by atoms with Crippen molar-refractivity contribution in [3.05, 3.63) is 61.2 Å². The Morgan fingerprint density at radius 2 is 1.94 bits per heavy atom. The number of carbonyl (C=O) groups excluding carboxylic acids is 1. The average Bonchev–Trinajstić information content (AvgIpc) is 3.52. The molecule has 34 heavy (non-hydrogen) atoms. The van der Waals surface area contributed by atoms with Gasteiger partial charge in [0.15, 0.2) is 17.0 Å². The van der Waals surface area contributed by atoms with E-state index in [0.29, 0.717) is 43.2 Å². The molecular formula is C24H22N8O2. The number of oxazole rings is 1. The molecule has 170 valence electrons. The van der Waals surface area contributed by atoms with Gasteiger partial charge in [-0.15, -0.1) is 0 Å². The van der Waals surface area contributed by atoms with Gasteiger partial charge in [-0.05, 0) is 43.2 Å². The van der Waals surface area contributed by atoms with Gasteiger partial charge in [-0.25, -0.2) is 19.9 Å². The van der Waals surface area contributed by atoms with Gasteiger partial charge in [0.25, 0.3) is 0 Å². The number of nitrogens with two attached hydrogens (primary N) is 1. The van der Waals surface area contributed by atoms with Crippen molar-refractivity contribution in [2.24, 2.45) is 5.73 Å². The number of hydrogen-bond donors (Lipinski definition) is 3. The molecule has 1 aliphatic heterocycles. The van der Waals surface area contributed by atoms with Crippen molar-refractivity contribution in [1.82, 2.24) is 24.9 Å². The highest BCUT2D eigenvalue weighted by atomic mass is 16.3. The zero-order valence-corrected chi connectivity index (χ0v) is 18.2. The summed E-state index contributed by atoms with van der Waals surface area (Å²) < 4.78 is 5.86. The second-order valence-electron chi connectivity index (χ2n) is 8.46. The molecule has 0 saturated carbocycles. The molecule has 10 heteroatoms. The normalized spacial score (nSPS) is 15.6. The first-order valence-electron chi connectivity index (χ1n) is 11.0. The Kier molecular flexibility index (Phi) is 4.73. The molecule has 1 saturated heterocycles. The van der Waals surface area contributed by atoms with Crippen molar-refractivity contribution in [2.75, 3.05) is 23.3 Å². The molecule has 0 spiro atoms. The van der Waals surface area contributed by atoms with Crippen LogP contribution in [-0.4, -0.2) is 49.5 Å². The Labute approximate surface area is 194 Å². The highest BCUT2D eigenvalue weighted by Gasteiger charge is 2.38. The van der Waals surface area contributed by atoms with Crippen LogP contribution < -0.4 is 16.0 Å². The van der Waals surface area contributed by atoms with Crippen LogP contribution in [0.2, 0.25) is 0 Å². The van der Waals surface area contributed by atoms with Crippen LogP contribution in [-0.2, 0) is 4.79 Å².